The Labute approximate surface area is 182 Å². The average Bonchev–Trinajstić information content (AvgIpc) is 2.76. The first-order chi connectivity index (χ1) is 14.5. The normalized spacial score (nSPS) is 18.7. The highest BCUT2D eigenvalue weighted by Gasteiger charge is 2.40. The molecule has 0 spiro atoms. The summed E-state index contributed by atoms with van der Waals surface area (Å²) >= 11 is 3.45. The molecule has 0 saturated heterocycles. The lowest BCUT2D eigenvalue weighted by molar-refractivity contribution is -0.116. The van der Waals surface area contributed by atoms with Gasteiger partial charge in [-0.25, -0.2) is 5.01 Å². The van der Waals surface area contributed by atoms with E-state index < -0.39 is 11.8 Å². The van der Waals surface area contributed by atoms with E-state index in [9.17, 15) is 14.9 Å². The molecular formula is C22H18BrN5O2. The summed E-state index contributed by atoms with van der Waals surface area (Å²) in [5.41, 5.74) is 11.6. The van der Waals surface area contributed by atoms with Crippen molar-refractivity contribution in [1.29, 1.82) is 5.26 Å². The van der Waals surface area contributed by atoms with Gasteiger partial charge in [-0.05, 0) is 42.7 Å². The molecule has 3 N–H and O–H groups in total. The third kappa shape index (κ3) is 3.48. The summed E-state index contributed by atoms with van der Waals surface area (Å²) in [5, 5.41) is 11.3. The SMILES string of the molecule is N#CC1=C(N)N(NC(=O)c2cccnc2)C2=C(C(=O)CCC2)C1c1cccc(Br)c1. The van der Waals surface area contributed by atoms with E-state index in [0.717, 1.165) is 10.0 Å². The number of nitrogens with one attached hydrogen (secondary N) is 1. The molecule has 1 aromatic heterocycles. The van der Waals surface area contributed by atoms with Crippen molar-refractivity contribution in [3.05, 3.63) is 87.1 Å². The summed E-state index contributed by atoms with van der Waals surface area (Å²) < 4.78 is 0.841. The van der Waals surface area contributed by atoms with Gasteiger partial charge in [0.2, 0.25) is 0 Å². The van der Waals surface area contributed by atoms with Crippen molar-refractivity contribution in [3.63, 3.8) is 0 Å². The molecule has 1 aromatic carbocycles. The number of carbonyl (C=O) groups is 2. The largest absolute Gasteiger partial charge is 0.383 e. The maximum atomic E-state index is 13.0. The smallest absolute Gasteiger partial charge is 0.271 e. The van der Waals surface area contributed by atoms with Gasteiger partial charge in [-0.1, -0.05) is 28.1 Å². The number of hydrogen-bond acceptors (Lipinski definition) is 6. The van der Waals surface area contributed by atoms with E-state index in [1.807, 2.05) is 24.3 Å². The predicted octanol–water partition coefficient (Wildman–Crippen LogP) is 3.29. The minimum atomic E-state index is -0.568. The van der Waals surface area contributed by atoms with Crippen LogP contribution in [-0.2, 0) is 4.79 Å². The van der Waals surface area contributed by atoms with Crippen LogP contribution in [0.25, 0.3) is 0 Å². The fourth-order valence-corrected chi connectivity index (χ4v) is 4.31. The Morgan fingerprint density at radius 3 is 2.83 bits per heavy atom. The van der Waals surface area contributed by atoms with Crippen molar-refractivity contribution < 1.29 is 9.59 Å². The number of hydrazine groups is 1. The molecule has 150 valence electrons. The van der Waals surface area contributed by atoms with Gasteiger partial charge in [0.05, 0.1) is 23.1 Å². The van der Waals surface area contributed by atoms with Gasteiger partial charge in [-0.3, -0.25) is 20.0 Å². The van der Waals surface area contributed by atoms with E-state index in [0.29, 0.717) is 36.1 Å². The molecule has 1 amide bonds. The highest BCUT2D eigenvalue weighted by Crippen LogP contribution is 2.44. The number of hydrogen-bond donors (Lipinski definition) is 2. The Kier molecular flexibility index (Phi) is 5.38. The molecule has 2 aromatic rings. The summed E-state index contributed by atoms with van der Waals surface area (Å²) in [6, 6.07) is 12.9. The molecule has 2 heterocycles. The molecule has 1 unspecified atom stereocenters. The van der Waals surface area contributed by atoms with E-state index in [2.05, 4.69) is 32.4 Å². The first kappa shape index (κ1) is 19.9. The number of ketones is 1. The van der Waals surface area contributed by atoms with Crippen LogP contribution in [0.1, 0.15) is 41.1 Å². The zero-order valence-corrected chi connectivity index (χ0v) is 17.5. The van der Waals surface area contributed by atoms with Crippen molar-refractivity contribution >= 4 is 27.6 Å². The highest BCUT2D eigenvalue weighted by atomic mass is 79.9. The van der Waals surface area contributed by atoms with E-state index in [4.69, 9.17) is 5.73 Å². The van der Waals surface area contributed by atoms with Crippen LogP contribution in [0.5, 0.6) is 0 Å². The third-order valence-corrected chi connectivity index (χ3v) is 5.73. The van der Waals surface area contributed by atoms with Crippen molar-refractivity contribution in [2.45, 2.75) is 25.2 Å². The van der Waals surface area contributed by atoms with Crippen molar-refractivity contribution in [1.82, 2.24) is 15.4 Å². The highest BCUT2D eigenvalue weighted by molar-refractivity contribution is 9.10. The van der Waals surface area contributed by atoms with Crippen LogP contribution >= 0.6 is 15.9 Å². The van der Waals surface area contributed by atoms with Gasteiger partial charge in [-0.15, -0.1) is 0 Å². The molecule has 7 nitrogen and oxygen atoms in total. The summed E-state index contributed by atoms with van der Waals surface area (Å²) in [6.45, 7) is 0. The van der Waals surface area contributed by atoms with Crippen molar-refractivity contribution in [2.75, 3.05) is 0 Å². The number of nitrogens with two attached hydrogens (primary N) is 1. The first-order valence-electron chi connectivity index (χ1n) is 9.44. The number of nitriles is 1. The van der Waals surface area contributed by atoms with Crippen LogP contribution < -0.4 is 11.2 Å². The van der Waals surface area contributed by atoms with E-state index in [1.54, 1.807) is 18.3 Å². The Morgan fingerprint density at radius 1 is 1.30 bits per heavy atom. The molecule has 0 fully saturated rings. The number of allylic oxidation sites excluding steroid dienone is 3. The van der Waals surface area contributed by atoms with Gasteiger partial charge >= 0.3 is 0 Å². The summed E-state index contributed by atoms with van der Waals surface area (Å²) in [7, 11) is 0. The number of nitrogens with zero attached hydrogens (tertiary/aromatic N) is 3. The fraction of sp³-hybridized carbons (Fsp3) is 0.182. The lowest BCUT2D eigenvalue weighted by atomic mass is 9.76. The molecule has 1 aliphatic carbocycles. The molecule has 1 aliphatic heterocycles. The maximum absolute atomic E-state index is 13.0. The van der Waals surface area contributed by atoms with Gasteiger partial charge in [0.1, 0.15) is 5.82 Å². The van der Waals surface area contributed by atoms with Gasteiger partial charge in [0.15, 0.2) is 5.78 Å². The molecular weight excluding hydrogens is 446 g/mol. The van der Waals surface area contributed by atoms with Crippen LogP contribution in [0.15, 0.2) is 75.9 Å². The molecule has 0 saturated carbocycles. The Bertz CT molecular complexity index is 1130. The minimum Gasteiger partial charge on any atom is -0.383 e. The first-order valence-corrected chi connectivity index (χ1v) is 10.2. The molecule has 8 heteroatoms. The number of Topliss-reactive ketones (excluding diaryl/α,β-unsaturated/α-hetero) is 1. The number of rotatable bonds is 3. The van der Waals surface area contributed by atoms with Crippen molar-refractivity contribution in [3.8, 4) is 6.07 Å². The van der Waals surface area contributed by atoms with Crippen LogP contribution in [0, 0.1) is 11.3 Å². The van der Waals surface area contributed by atoms with Gasteiger partial charge in [0.25, 0.3) is 5.91 Å². The number of carbonyl (C=O) groups excluding carboxylic acids is 2. The van der Waals surface area contributed by atoms with Gasteiger partial charge < -0.3 is 5.73 Å². The second kappa shape index (κ2) is 8.13. The standard InChI is InChI=1S/C22H18BrN5O2/c23-15-6-1-4-13(10-15)19-16(11-24)21(25)28(17-7-2-8-18(29)20(17)19)27-22(30)14-5-3-9-26-12-14/h1,3-6,9-10,12,19H,2,7-8,25H2,(H,27,30). The monoisotopic (exact) mass is 463 g/mol. The predicted molar refractivity (Wildman–Crippen MR) is 113 cm³/mol. The van der Waals surface area contributed by atoms with Crippen LogP contribution in [-0.4, -0.2) is 21.7 Å². The van der Waals surface area contributed by atoms with Crippen LogP contribution in [0.2, 0.25) is 0 Å². The number of amides is 1. The lowest BCUT2D eigenvalue weighted by Gasteiger charge is -2.39. The lowest BCUT2D eigenvalue weighted by Crippen LogP contribution is -2.48. The quantitative estimate of drug-likeness (QED) is 0.721. The molecule has 0 radical (unpaired) electrons. The second-order valence-electron chi connectivity index (χ2n) is 7.05. The maximum Gasteiger partial charge on any atom is 0.271 e. The number of halogens is 1. The fourth-order valence-electron chi connectivity index (χ4n) is 3.90. The third-order valence-electron chi connectivity index (χ3n) is 5.23. The average molecular weight is 464 g/mol. The summed E-state index contributed by atoms with van der Waals surface area (Å²) in [6.07, 6.45) is 4.63. The zero-order valence-electron chi connectivity index (χ0n) is 15.9. The van der Waals surface area contributed by atoms with Crippen LogP contribution in [0.4, 0.5) is 0 Å². The molecule has 30 heavy (non-hydrogen) atoms. The minimum absolute atomic E-state index is 0.0397. The zero-order chi connectivity index (χ0) is 21.3. The Morgan fingerprint density at radius 2 is 2.13 bits per heavy atom. The molecule has 2 aliphatic rings. The number of benzene rings is 1. The van der Waals surface area contributed by atoms with E-state index in [-0.39, 0.29) is 17.2 Å². The molecule has 1 atom stereocenters. The number of aromatic nitrogens is 1. The van der Waals surface area contributed by atoms with Gasteiger partial charge in [-0.2, -0.15) is 5.26 Å². The second-order valence-corrected chi connectivity index (χ2v) is 7.97. The topological polar surface area (TPSA) is 112 Å². The van der Waals surface area contributed by atoms with Gasteiger partial charge in [0, 0.05) is 34.6 Å². The Balaban J connectivity index is 1.83. The molecule has 4 rings (SSSR count). The Hall–Kier alpha value is -3.44. The summed E-state index contributed by atoms with van der Waals surface area (Å²) in [5.74, 6) is -0.911. The van der Waals surface area contributed by atoms with E-state index >= 15 is 0 Å². The summed E-state index contributed by atoms with van der Waals surface area (Å²) in [4.78, 5) is 29.7. The molecule has 0 bridgehead atoms. The number of pyridine rings is 1. The van der Waals surface area contributed by atoms with Crippen molar-refractivity contribution in [2.24, 2.45) is 5.73 Å². The van der Waals surface area contributed by atoms with Crippen LogP contribution in [0.3, 0.4) is 0 Å². The van der Waals surface area contributed by atoms with E-state index in [1.165, 1.54) is 11.2 Å².